The number of hydrogen-bond acceptors (Lipinski definition) is 4. The second-order valence-electron chi connectivity index (χ2n) is 5.18. The lowest BCUT2D eigenvalue weighted by Gasteiger charge is -2.18. The van der Waals surface area contributed by atoms with Gasteiger partial charge in [0, 0.05) is 13.1 Å². The van der Waals surface area contributed by atoms with Crippen LogP contribution in [0.5, 0.6) is 0 Å². The van der Waals surface area contributed by atoms with Crippen molar-refractivity contribution in [3.05, 3.63) is 17.9 Å². The Morgan fingerprint density at radius 3 is 2.56 bits per heavy atom. The number of carboxylic acids is 1. The fourth-order valence-corrected chi connectivity index (χ4v) is 3.51. The van der Waals surface area contributed by atoms with E-state index in [0.29, 0.717) is 13.1 Å². The van der Waals surface area contributed by atoms with Gasteiger partial charge in [0.2, 0.25) is 10.9 Å². The average Bonchev–Trinajstić information content (AvgIpc) is 2.84. The molecule has 18 heavy (non-hydrogen) atoms. The molecule has 1 aromatic heterocycles. The average molecular weight is 273 g/mol. The Balaban J connectivity index is 2.28. The monoisotopic (exact) mass is 273 g/mol. The first-order valence-corrected chi connectivity index (χ1v) is 7.00. The van der Waals surface area contributed by atoms with Crippen LogP contribution in [0.25, 0.3) is 0 Å². The quantitative estimate of drug-likeness (QED) is 0.899. The van der Waals surface area contributed by atoms with Crippen LogP contribution in [-0.4, -0.2) is 36.9 Å². The molecule has 1 aliphatic rings. The van der Waals surface area contributed by atoms with E-state index in [0.717, 1.165) is 12.5 Å². The molecular weight excluding hydrogens is 258 g/mol. The van der Waals surface area contributed by atoms with E-state index in [1.54, 1.807) is 0 Å². The Bertz CT molecular complexity index is 572. The molecule has 7 heteroatoms. The lowest BCUT2D eigenvalue weighted by molar-refractivity contribution is 0.0656. The molecule has 0 radical (unpaired) electrons. The van der Waals surface area contributed by atoms with Gasteiger partial charge in [0.1, 0.15) is 0 Å². The van der Waals surface area contributed by atoms with Crippen LogP contribution in [-0.2, 0) is 10.0 Å². The number of hydrogen-bond donors (Lipinski definition) is 1. The highest BCUT2D eigenvalue weighted by molar-refractivity contribution is 7.89. The lowest BCUT2D eigenvalue weighted by Crippen LogP contribution is -2.30. The summed E-state index contributed by atoms with van der Waals surface area (Å²) in [6.45, 7) is 4.83. The van der Waals surface area contributed by atoms with Crippen molar-refractivity contribution in [1.29, 1.82) is 0 Å². The minimum atomic E-state index is -3.72. The van der Waals surface area contributed by atoms with Crippen LogP contribution in [0.2, 0.25) is 0 Å². The summed E-state index contributed by atoms with van der Waals surface area (Å²) in [7, 11) is -3.72. The molecule has 2 heterocycles. The SMILES string of the molecule is CC1(C)CCN(S(=O)(=O)c2ccc(C(=O)O)o2)C1. The summed E-state index contributed by atoms with van der Waals surface area (Å²) >= 11 is 0. The second-order valence-corrected chi connectivity index (χ2v) is 7.05. The molecule has 100 valence electrons. The smallest absolute Gasteiger partial charge is 0.371 e. The van der Waals surface area contributed by atoms with E-state index in [4.69, 9.17) is 9.52 Å². The van der Waals surface area contributed by atoms with Gasteiger partial charge in [-0.1, -0.05) is 13.8 Å². The van der Waals surface area contributed by atoms with Crippen molar-refractivity contribution < 1.29 is 22.7 Å². The molecule has 0 amide bonds. The standard InChI is InChI=1S/C11H15NO5S/c1-11(2)5-6-12(7-11)18(15,16)9-4-3-8(17-9)10(13)14/h3-4H,5-7H2,1-2H3,(H,13,14). The van der Waals surface area contributed by atoms with Gasteiger partial charge in [-0.25, -0.2) is 13.2 Å². The van der Waals surface area contributed by atoms with E-state index < -0.39 is 16.0 Å². The summed E-state index contributed by atoms with van der Waals surface area (Å²) in [5, 5.41) is 8.40. The van der Waals surface area contributed by atoms with Crippen LogP contribution < -0.4 is 0 Å². The zero-order valence-electron chi connectivity index (χ0n) is 10.2. The Kier molecular flexibility index (Phi) is 2.98. The molecule has 1 fully saturated rings. The summed E-state index contributed by atoms with van der Waals surface area (Å²) in [6, 6.07) is 2.33. The molecule has 0 unspecified atom stereocenters. The molecule has 1 aromatic rings. The molecule has 1 saturated heterocycles. The van der Waals surface area contributed by atoms with Crippen molar-refractivity contribution in [2.75, 3.05) is 13.1 Å². The first-order valence-electron chi connectivity index (χ1n) is 5.56. The molecule has 1 N–H and O–H groups in total. The molecule has 1 aliphatic heterocycles. The highest BCUT2D eigenvalue weighted by atomic mass is 32.2. The largest absolute Gasteiger partial charge is 0.475 e. The van der Waals surface area contributed by atoms with Crippen molar-refractivity contribution in [2.45, 2.75) is 25.4 Å². The summed E-state index contributed by atoms with van der Waals surface area (Å²) in [5.41, 5.74) is -0.0602. The molecule has 0 aliphatic carbocycles. The zero-order chi connectivity index (χ0) is 13.6. The van der Waals surface area contributed by atoms with Gasteiger partial charge >= 0.3 is 5.97 Å². The summed E-state index contributed by atoms with van der Waals surface area (Å²) < 4.78 is 30.6. The Morgan fingerprint density at radius 1 is 1.44 bits per heavy atom. The highest BCUT2D eigenvalue weighted by Crippen LogP contribution is 2.33. The van der Waals surface area contributed by atoms with Gasteiger partial charge in [0.25, 0.3) is 10.0 Å². The van der Waals surface area contributed by atoms with Gasteiger partial charge in [-0.05, 0) is 24.0 Å². The number of sulfonamides is 1. The Hall–Kier alpha value is -1.34. The third kappa shape index (κ3) is 2.28. The number of aromatic carboxylic acids is 1. The number of carbonyl (C=O) groups is 1. The first-order chi connectivity index (χ1) is 8.22. The molecule has 0 spiro atoms. The molecule has 0 saturated carbocycles. The Labute approximate surface area is 105 Å². The van der Waals surface area contributed by atoms with Crippen molar-refractivity contribution in [3.8, 4) is 0 Å². The summed E-state index contributed by atoms with van der Waals surface area (Å²) in [4.78, 5) is 10.7. The maximum atomic E-state index is 12.2. The van der Waals surface area contributed by atoms with Crippen LogP contribution in [0.1, 0.15) is 30.8 Å². The summed E-state index contributed by atoms with van der Waals surface area (Å²) in [5.74, 6) is -1.65. The fourth-order valence-electron chi connectivity index (χ4n) is 1.97. The predicted octanol–water partition coefficient (Wildman–Crippen LogP) is 1.40. The van der Waals surface area contributed by atoms with Crippen LogP contribution in [0.15, 0.2) is 21.6 Å². The van der Waals surface area contributed by atoms with E-state index in [2.05, 4.69) is 0 Å². The Morgan fingerprint density at radius 2 is 2.11 bits per heavy atom. The van der Waals surface area contributed by atoms with Crippen LogP contribution in [0.4, 0.5) is 0 Å². The molecule has 0 bridgehead atoms. The number of carboxylic acid groups (broad SMARTS) is 1. The van der Waals surface area contributed by atoms with Crippen molar-refractivity contribution >= 4 is 16.0 Å². The zero-order valence-corrected chi connectivity index (χ0v) is 11.0. The third-order valence-electron chi connectivity index (χ3n) is 3.03. The maximum absolute atomic E-state index is 12.2. The van der Waals surface area contributed by atoms with Crippen molar-refractivity contribution in [2.24, 2.45) is 5.41 Å². The van der Waals surface area contributed by atoms with E-state index in [-0.39, 0.29) is 16.3 Å². The minimum Gasteiger partial charge on any atom is -0.475 e. The lowest BCUT2D eigenvalue weighted by atomic mass is 9.93. The molecule has 0 atom stereocenters. The van der Waals surface area contributed by atoms with Crippen LogP contribution >= 0.6 is 0 Å². The number of furan rings is 1. The van der Waals surface area contributed by atoms with Crippen LogP contribution in [0.3, 0.4) is 0 Å². The van der Waals surface area contributed by atoms with E-state index in [1.807, 2.05) is 13.8 Å². The maximum Gasteiger partial charge on any atom is 0.371 e. The fraction of sp³-hybridized carbons (Fsp3) is 0.545. The predicted molar refractivity (Wildman–Crippen MR) is 62.8 cm³/mol. The van der Waals surface area contributed by atoms with Gasteiger partial charge in [0.05, 0.1) is 0 Å². The molecular formula is C11H15NO5S. The van der Waals surface area contributed by atoms with Crippen molar-refractivity contribution in [3.63, 3.8) is 0 Å². The van der Waals surface area contributed by atoms with E-state index in [1.165, 1.54) is 10.4 Å². The molecule has 0 aromatic carbocycles. The highest BCUT2D eigenvalue weighted by Gasteiger charge is 2.38. The van der Waals surface area contributed by atoms with Crippen molar-refractivity contribution in [1.82, 2.24) is 4.31 Å². The first kappa shape index (κ1) is 13.1. The van der Waals surface area contributed by atoms with E-state index >= 15 is 0 Å². The topological polar surface area (TPSA) is 87.8 Å². The minimum absolute atomic E-state index is 0.0602. The van der Waals surface area contributed by atoms with Gasteiger partial charge in [0.15, 0.2) is 0 Å². The van der Waals surface area contributed by atoms with Gasteiger partial charge in [-0.15, -0.1) is 0 Å². The summed E-state index contributed by atoms with van der Waals surface area (Å²) in [6.07, 6.45) is 0.777. The third-order valence-corrected chi connectivity index (χ3v) is 4.75. The van der Waals surface area contributed by atoms with Gasteiger partial charge in [-0.2, -0.15) is 4.31 Å². The molecule has 2 rings (SSSR count). The number of nitrogens with zero attached hydrogens (tertiary/aromatic N) is 1. The van der Waals surface area contributed by atoms with E-state index in [9.17, 15) is 13.2 Å². The van der Waals surface area contributed by atoms with Crippen LogP contribution in [0, 0.1) is 5.41 Å². The number of rotatable bonds is 3. The van der Waals surface area contributed by atoms with Gasteiger partial charge in [-0.3, -0.25) is 0 Å². The second kappa shape index (κ2) is 4.10. The molecule has 6 nitrogen and oxygen atoms in total. The normalized spacial score (nSPS) is 20.1. The van der Waals surface area contributed by atoms with Gasteiger partial charge < -0.3 is 9.52 Å².